The maximum absolute atomic E-state index is 13.3. The topological polar surface area (TPSA) is 83.5 Å². The van der Waals surface area contributed by atoms with Crippen molar-refractivity contribution in [2.75, 3.05) is 39.5 Å². The molecule has 0 N–H and O–H groups in total. The average Bonchev–Trinajstić information content (AvgIpc) is 3.16. The number of aryl methyl sites for hydroxylation is 1. The normalized spacial score (nSPS) is 29.6. The van der Waals surface area contributed by atoms with E-state index in [0.717, 1.165) is 38.4 Å². The van der Waals surface area contributed by atoms with E-state index >= 15 is 0 Å². The van der Waals surface area contributed by atoms with Gasteiger partial charge in [-0.1, -0.05) is 25.2 Å². The number of morpholine rings is 1. The van der Waals surface area contributed by atoms with Gasteiger partial charge in [0.25, 0.3) is 0 Å². The number of fused-ring (bicyclic) bond motifs is 2. The van der Waals surface area contributed by atoms with Gasteiger partial charge in [-0.2, -0.15) is 0 Å². The minimum atomic E-state index is -0.853. The summed E-state index contributed by atoms with van der Waals surface area (Å²) in [5.41, 5.74) is 2.00. The minimum absolute atomic E-state index is 0.154. The van der Waals surface area contributed by atoms with Gasteiger partial charge in [-0.15, -0.1) is 0 Å². The Hall–Kier alpha value is -2.52. The summed E-state index contributed by atoms with van der Waals surface area (Å²) in [5, 5.41) is 0. The highest BCUT2D eigenvalue weighted by Crippen LogP contribution is 2.32. The van der Waals surface area contributed by atoms with E-state index in [2.05, 4.69) is 4.90 Å². The average molecular weight is 514 g/mol. The Morgan fingerprint density at radius 3 is 2.59 bits per heavy atom. The van der Waals surface area contributed by atoms with Crippen LogP contribution in [0.1, 0.15) is 55.6 Å². The summed E-state index contributed by atoms with van der Waals surface area (Å²) in [6.07, 6.45) is 6.00. The lowest BCUT2D eigenvalue weighted by atomic mass is 9.98. The van der Waals surface area contributed by atoms with Crippen molar-refractivity contribution in [1.29, 1.82) is 0 Å². The van der Waals surface area contributed by atoms with E-state index in [1.165, 1.54) is 6.08 Å². The fourth-order valence-electron chi connectivity index (χ4n) is 4.80. The maximum Gasteiger partial charge on any atom is 0.339 e. The van der Waals surface area contributed by atoms with Gasteiger partial charge in [0.2, 0.25) is 0 Å². The van der Waals surface area contributed by atoms with E-state index in [9.17, 15) is 9.59 Å². The molecule has 1 aromatic carbocycles. The van der Waals surface area contributed by atoms with Gasteiger partial charge >= 0.3 is 5.97 Å². The van der Waals surface area contributed by atoms with Crippen LogP contribution < -0.4 is 4.74 Å². The van der Waals surface area contributed by atoms with Crippen molar-refractivity contribution in [1.82, 2.24) is 4.90 Å². The zero-order valence-electron chi connectivity index (χ0n) is 22.5. The Labute approximate surface area is 219 Å². The van der Waals surface area contributed by atoms with E-state index in [-0.39, 0.29) is 11.7 Å². The standard InChI is InChI=1S/C29H39NO7/c1-19-9-10-24(31)27-25(36-29(4,5)37-27)8-6-7-22-18-23(34-16-13-30-11-14-33-15-12-30)17-20(2)26(22)28(32)35-21(19)3/h6-7,9-10,17-19,21,25,27H,8,11-16H2,1-5H3/b7-6?,10-9-/t19-,21+,25+,27?/m1/s1. The summed E-state index contributed by atoms with van der Waals surface area (Å²) in [7, 11) is 0. The van der Waals surface area contributed by atoms with Crippen molar-refractivity contribution in [2.45, 2.75) is 65.1 Å². The number of hydrogen-bond acceptors (Lipinski definition) is 8. The van der Waals surface area contributed by atoms with Gasteiger partial charge in [0, 0.05) is 25.6 Å². The number of benzene rings is 1. The lowest BCUT2D eigenvalue weighted by molar-refractivity contribution is -0.152. The van der Waals surface area contributed by atoms with E-state index in [4.69, 9.17) is 23.7 Å². The predicted octanol–water partition coefficient (Wildman–Crippen LogP) is 3.95. The molecule has 0 bridgehead atoms. The van der Waals surface area contributed by atoms with Crippen molar-refractivity contribution in [3.05, 3.63) is 47.1 Å². The molecule has 1 unspecified atom stereocenters. The van der Waals surface area contributed by atoms with Gasteiger partial charge in [0.05, 0.1) is 24.9 Å². The minimum Gasteiger partial charge on any atom is -0.492 e. The summed E-state index contributed by atoms with van der Waals surface area (Å²) in [5.74, 6) is -0.866. The maximum atomic E-state index is 13.3. The molecule has 0 spiro atoms. The van der Waals surface area contributed by atoms with Crippen LogP contribution in [0.3, 0.4) is 0 Å². The summed E-state index contributed by atoms with van der Waals surface area (Å²) in [4.78, 5) is 28.5. The van der Waals surface area contributed by atoms with E-state index in [0.29, 0.717) is 29.9 Å². The second kappa shape index (κ2) is 11.9. The highest BCUT2D eigenvalue weighted by atomic mass is 16.8. The molecule has 8 heteroatoms. The molecule has 0 saturated carbocycles. The molecule has 0 aliphatic carbocycles. The molecule has 2 saturated heterocycles. The molecule has 3 aliphatic heterocycles. The molecule has 4 rings (SSSR count). The predicted molar refractivity (Wildman–Crippen MR) is 140 cm³/mol. The zero-order valence-corrected chi connectivity index (χ0v) is 22.5. The molecule has 3 heterocycles. The summed E-state index contributed by atoms with van der Waals surface area (Å²) < 4.78 is 29.3. The van der Waals surface area contributed by atoms with E-state index in [1.807, 2.05) is 58.9 Å². The number of rotatable bonds is 4. The quantitative estimate of drug-likeness (QED) is 0.560. The molecular formula is C29H39NO7. The molecule has 0 amide bonds. The van der Waals surface area contributed by atoms with Crippen LogP contribution in [0.5, 0.6) is 5.75 Å². The largest absolute Gasteiger partial charge is 0.492 e. The monoisotopic (exact) mass is 513 g/mol. The third kappa shape index (κ3) is 7.08. The van der Waals surface area contributed by atoms with Crippen LogP contribution in [0.15, 0.2) is 30.4 Å². The molecule has 37 heavy (non-hydrogen) atoms. The van der Waals surface area contributed by atoms with Crippen LogP contribution in [-0.4, -0.2) is 80.2 Å². The molecule has 2 fully saturated rings. The molecule has 8 nitrogen and oxygen atoms in total. The number of nitrogens with zero attached hydrogens (tertiary/aromatic N) is 1. The van der Waals surface area contributed by atoms with Gasteiger partial charge in [0.1, 0.15) is 24.6 Å². The number of ketones is 1. The number of hydrogen-bond donors (Lipinski definition) is 0. The third-order valence-corrected chi connectivity index (χ3v) is 7.05. The fraction of sp³-hybridized carbons (Fsp3) is 0.586. The third-order valence-electron chi connectivity index (χ3n) is 7.05. The Bertz CT molecular complexity index is 1040. The molecular weight excluding hydrogens is 474 g/mol. The van der Waals surface area contributed by atoms with Crippen molar-refractivity contribution in [2.24, 2.45) is 5.92 Å². The van der Waals surface area contributed by atoms with E-state index < -0.39 is 30.1 Å². The highest BCUT2D eigenvalue weighted by molar-refractivity contribution is 5.96. The molecule has 4 atom stereocenters. The Morgan fingerprint density at radius 1 is 1.08 bits per heavy atom. The van der Waals surface area contributed by atoms with Gasteiger partial charge in [-0.05, 0) is 63.5 Å². The Balaban J connectivity index is 1.60. The van der Waals surface area contributed by atoms with Crippen LogP contribution >= 0.6 is 0 Å². The Morgan fingerprint density at radius 2 is 1.84 bits per heavy atom. The lowest BCUT2D eigenvalue weighted by Crippen LogP contribution is -2.38. The van der Waals surface area contributed by atoms with Gasteiger partial charge < -0.3 is 23.7 Å². The molecule has 0 radical (unpaired) electrons. The summed E-state index contributed by atoms with van der Waals surface area (Å²) in [6.45, 7) is 13.9. The van der Waals surface area contributed by atoms with Crippen LogP contribution in [0.25, 0.3) is 6.08 Å². The number of carbonyl (C=O) groups is 2. The summed E-state index contributed by atoms with van der Waals surface area (Å²) in [6, 6.07) is 3.76. The van der Waals surface area contributed by atoms with Crippen molar-refractivity contribution in [3.8, 4) is 5.75 Å². The van der Waals surface area contributed by atoms with Gasteiger partial charge in [0.15, 0.2) is 11.6 Å². The highest BCUT2D eigenvalue weighted by Gasteiger charge is 2.43. The zero-order chi connectivity index (χ0) is 26.6. The second-order valence-corrected chi connectivity index (χ2v) is 10.5. The number of ether oxygens (including phenoxy) is 5. The Kier molecular flexibility index (Phi) is 8.85. The SMILES string of the molecule is Cc1cc(OCCN2CCOCC2)cc2c1C(=O)O[C@@H](C)[C@H](C)/C=C\C(=O)C1OC(C)(C)O[C@H]1CC=C2. The van der Waals surface area contributed by atoms with Crippen molar-refractivity contribution < 1.29 is 33.3 Å². The summed E-state index contributed by atoms with van der Waals surface area (Å²) >= 11 is 0. The first-order valence-electron chi connectivity index (χ1n) is 13.2. The molecule has 0 aromatic heterocycles. The fourth-order valence-corrected chi connectivity index (χ4v) is 4.80. The number of esters is 1. The van der Waals surface area contributed by atoms with Crippen LogP contribution in [-0.2, 0) is 23.7 Å². The number of carbonyl (C=O) groups excluding carboxylic acids is 2. The number of cyclic esters (lactones) is 1. The van der Waals surface area contributed by atoms with Crippen LogP contribution in [0, 0.1) is 12.8 Å². The lowest BCUT2D eigenvalue weighted by Gasteiger charge is -2.26. The molecule has 1 aromatic rings. The first-order valence-corrected chi connectivity index (χ1v) is 13.2. The molecule has 3 aliphatic rings. The van der Waals surface area contributed by atoms with E-state index in [1.54, 1.807) is 6.08 Å². The van der Waals surface area contributed by atoms with Gasteiger partial charge in [-0.25, -0.2) is 4.79 Å². The van der Waals surface area contributed by atoms with Crippen LogP contribution in [0.2, 0.25) is 0 Å². The van der Waals surface area contributed by atoms with Crippen LogP contribution in [0.4, 0.5) is 0 Å². The van der Waals surface area contributed by atoms with Gasteiger partial charge in [-0.3, -0.25) is 9.69 Å². The van der Waals surface area contributed by atoms with Crippen molar-refractivity contribution >= 4 is 17.8 Å². The second-order valence-electron chi connectivity index (χ2n) is 10.5. The molecule has 202 valence electrons. The first-order chi connectivity index (χ1) is 17.6. The smallest absolute Gasteiger partial charge is 0.339 e. The first kappa shape index (κ1) is 27.5. The van der Waals surface area contributed by atoms with Crippen molar-refractivity contribution in [3.63, 3.8) is 0 Å².